The SMILES string of the molecule is CCC1(C)CCSC(=NC(C)c2ccc(C)cc2)N1. The first kappa shape index (κ1) is 14.4. The summed E-state index contributed by atoms with van der Waals surface area (Å²) in [6.07, 6.45) is 2.36. The predicted molar refractivity (Wildman–Crippen MR) is 85.9 cm³/mol. The van der Waals surface area contributed by atoms with Crippen molar-refractivity contribution in [2.45, 2.75) is 52.1 Å². The maximum absolute atomic E-state index is 4.85. The van der Waals surface area contributed by atoms with E-state index >= 15 is 0 Å². The normalized spacial score (nSPS) is 27.1. The van der Waals surface area contributed by atoms with Gasteiger partial charge in [0, 0.05) is 11.3 Å². The molecule has 1 aromatic carbocycles. The molecule has 1 fully saturated rings. The Morgan fingerprint density at radius 1 is 1.37 bits per heavy atom. The van der Waals surface area contributed by atoms with Crippen molar-refractivity contribution in [3.63, 3.8) is 0 Å². The van der Waals surface area contributed by atoms with E-state index in [4.69, 9.17) is 4.99 Å². The molecule has 3 heteroatoms. The summed E-state index contributed by atoms with van der Waals surface area (Å²) < 4.78 is 0. The largest absolute Gasteiger partial charge is 0.360 e. The molecular formula is C16H24N2S. The third kappa shape index (κ3) is 3.75. The number of rotatable bonds is 3. The van der Waals surface area contributed by atoms with Crippen LogP contribution in [0, 0.1) is 6.92 Å². The van der Waals surface area contributed by atoms with Crippen LogP contribution in [0.4, 0.5) is 0 Å². The van der Waals surface area contributed by atoms with Crippen molar-refractivity contribution >= 4 is 16.9 Å². The van der Waals surface area contributed by atoms with Crippen LogP contribution in [0.15, 0.2) is 29.3 Å². The second-order valence-electron chi connectivity index (χ2n) is 5.66. The Balaban J connectivity index is 2.10. The number of benzene rings is 1. The molecule has 19 heavy (non-hydrogen) atoms. The number of aliphatic imine (C=N–C) groups is 1. The molecule has 1 N–H and O–H groups in total. The van der Waals surface area contributed by atoms with Gasteiger partial charge in [0.05, 0.1) is 6.04 Å². The van der Waals surface area contributed by atoms with E-state index in [9.17, 15) is 0 Å². The highest BCUT2D eigenvalue weighted by molar-refractivity contribution is 8.13. The first-order valence-electron chi connectivity index (χ1n) is 7.08. The van der Waals surface area contributed by atoms with Crippen LogP contribution in [0.1, 0.15) is 50.8 Å². The lowest BCUT2D eigenvalue weighted by Gasteiger charge is -2.35. The summed E-state index contributed by atoms with van der Waals surface area (Å²) in [5.74, 6) is 1.16. The molecule has 1 heterocycles. The molecule has 0 amide bonds. The van der Waals surface area contributed by atoms with Crippen molar-refractivity contribution in [3.8, 4) is 0 Å². The van der Waals surface area contributed by atoms with E-state index in [0.29, 0.717) is 0 Å². The second kappa shape index (κ2) is 6.00. The average Bonchev–Trinajstić information content (AvgIpc) is 2.39. The van der Waals surface area contributed by atoms with Gasteiger partial charge < -0.3 is 5.32 Å². The molecule has 0 aliphatic carbocycles. The van der Waals surface area contributed by atoms with E-state index < -0.39 is 0 Å². The van der Waals surface area contributed by atoms with Gasteiger partial charge in [-0.3, -0.25) is 4.99 Å². The summed E-state index contributed by atoms with van der Waals surface area (Å²) in [5, 5.41) is 4.71. The Hall–Kier alpha value is -0.960. The Labute approximate surface area is 121 Å². The minimum Gasteiger partial charge on any atom is -0.360 e. The van der Waals surface area contributed by atoms with Crippen LogP contribution < -0.4 is 5.32 Å². The van der Waals surface area contributed by atoms with Crippen LogP contribution in [0.25, 0.3) is 0 Å². The van der Waals surface area contributed by atoms with E-state index in [0.717, 1.165) is 17.3 Å². The van der Waals surface area contributed by atoms with Gasteiger partial charge in [0.25, 0.3) is 0 Å². The van der Waals surface area contributed by atoms with E-state index in [-0.39, 0.29) is 11.6 Å². The minimum absolute atomic E-state index is 0.217. The Bertz CT molecular complexity index is 452. The van der Waals surface area contributed by atoms with E-state index in [1.54, 1.807) is 0 Å². The van der Waals surface area contributed by atoms with Crippen molar-refractivity contribution in [1.29, 1.82) is 0 Å². The fourth-order valence-corrected chi connectivity index (χ4v) is 3.46. The minimum atomic E-state index is 0.217. The van der Waals surface area contributed by atoms with Gasteiger partial charge in [0.2, 0.25) is 0 Å². The van der Waals surface area contributed by atoms with Crippen LogP contribution in [0.3, 0.4) is 0 Å². The molecule has 2 nitrogen and oxygen atoms in total. The van der Waals surface area contributed by atoms with Crippen molar-refractivity contribution in [3.05, 3.63) is 35.4 Å². The second-order valence-corrected chi connectivity index (χ2v) is 6.74. The monoisotopic (exact) mass is 276 g/mol. The Kier molecular flexibility index (Phi) is 4.56. The summed E-state index contributed by atoms with van der Waals surface area (Å²) in [4.78, 5) is 4.85. The molecule has 104 valence electrons. The lowest BCUT2D eigenvalue weighted by molar-refractivity contribution is 0.389. The fraction of sp³-hybridized carbons (Fsp3) is 0.562. The number of hydrogen-bond acceptors (Lipinski definition) is 2. The van der Waals surface area contributed by atoms with Crippen LogP contribution in [-0.2, 0) is 0 Å². The lowest BCUT2D eigenvalue weighted by Crippen LogP contribution is -2.48. The molecule has 2 atom stereocenters. The zero-order valence-electron chi connectivity index (χ0n) is 12.4. The predicted octanol–water partition coefficient (Wildman–Crippen LogP) is 4.31. The van der Waals surface area contributed by atoms with Gasteiger partial charge in [-0.15, -0.1) is 0 Å². The van der Waals surface area contributed by atoms with Crippen molar-refractivity contribution < 1.29 is 0 Å². The molecule has 1 aliphatic rings. The molecule has 0 aromatic heterocycles. The number of nitrogens with zero attached hydrogens (tertiary/aromatic N) is 1. The van der Waals surface area contributed by atoms with Crippen LogP contribution >= 0.6 is 11.8 Å². The first-order valence-corrected chi connectivity index (χ1v) is 8.06. The van der Waals surface area contributed by atoms with Gasteiger partial charge >= 0.3 is 0 Å². The van der Waals surface area contributed by atoms with E-state index in [2.05, 4.69) is 57.3 Å². The molecule has 0 radical (unpaired) electrons. The van der Waals surface area contributed by atoms with E-state index in [1.807, 2.05) is 11.8 Å². The summed E-state index contributed by atoms with van der Waals surface area (Å²) >= 11 is 1.85. The molecule has 0 spiro atoms. The van der Waals surface area contributed by atoms with Crippen LogP contribution in [0.2, 0.25) is 0 Å². The number of hydrogen-bond donors (Lipinski definition) is 1. The van der Waals surface area contributed by atoms with Gasteiger partial charge in [-0.05, 0) is 39.2 Å². The van der Waals surface area contributed by atoms with Gasteiger partial charge in [0.1, 0.15) is 0 Å². The highest BCUT2D eigenvalue weighted by Crippen LogP contribution is 2.27. The zero-order valence-corrected chi connectivity index (χ0v) is 13.2. The van der Waals surface area contributed by atoms with Crippen molar-refractivity contribution in [2.75, 3.05) is 5.75 Å². The highest BCUT2D eigenvalue weighted by atomic mass is 32.2. The fourth-order valence-electron chi connectivity index (χ4n) is 2.16. The molecule has 2 rings (SSSR count). The molecular weight excluding hydrogens is 252 g/mol. The third-order valence-electron chi connectivity index (χ3n) is 3.95. The standard InChI is InChI=1S/C16H24N2S/c1-5-16(4)10-11-19-15(18-16)17-13(3)14-8-6-12(2)7-9-14/h6-9,13H,5,10-11H2,1-4H3,(H,17,18). The third-order valence-corrected chi connectivity index (χ3v) is 4.84. The van der Waals surface area contributed by atoms with Gasteiger partial charge in [-0.25, -0.2) is 0 Å². The molecule has 1 aromatic rings. The first-order chi connectivity index (χ1) is 9.02. The Morgan fingerprint density at radius 2 is 2.05 bits per heavy atom. The van der Waals surface area contributed by atoms with Crippen molar-refractivity contribution in [1.82, 2.24) is 5.32 Å². The molecule has 0 bridgehead atoms. The number of nitrogens with one attached hydrogen (secondary N) is 1. The summed E-state index contributed by atoms with van der Waals surface area (Å²) in [5.41, 5.74) is 2.80. The van der Waals surface area contributed by atoms with E-state index in [1.165, 1.54) is 17.5 Å². The summed E-state index contributed by atoms with van der Waals surface area (Å²) in [7, 11) is 0. The summed E-state index contributed by atoms with van der Waals surface area (Å²) in [6, 6.07) is 8.88. The molecule has 1 saturated heterocycles. The van der Waals surface area contributed by atoms with Crippen LogP contribution in [-0.4, -0.2) is 16.5 Å². The number of amidine groups is 1. The smallest absolute Gasteiger partial charge is 0.157 e. The maximum Gasteiger partial charge on any atom is 0.157 e. The molecule has 1 aliphatic heterocycles. The van der Waals surface area contributed by atoms with Crippen LogP contribution in [0.5, 0.6) is 0 Å². The molecule has 0 saturated carbocycles. The average molecular weight is 276 g/mol. The van der Waals surface area contributed by atoms with Gasteiger partial charge in [-0.1, -0.05) is 48.5 Å². The van der Waals surface area contributed by atoms with Gasteiger partial charge in [0.15, 0.2) is 5.17 Å². The quantitative estimate of drug-likeness (QED) is 0.889. The van der Waals surface area contributed by atoms with Crippen molar-refractivity contribution in [2.24, 2.45) is 4.99 Å². The number of thioether (sulfide) groups is 1. The Morgan fingerprint density at radius 3 is 2.68 bits per heavy atom. The molecule has 2 unspecified atom stereocenters. The zero-order chi connectivity index (χ0) is 13.9. The maximum atomic E-state index is 4.85. The summed E-state index contributed by atoms with van der Waals surface area (Å²) in [6.45, 7) is 8.81. The van der Waals surface area contributed by atoms with Gasteiger partial charge in [-0.2, -0.15) is 0 Å². The topological polar surface area (TPSA) is 24.4 Å². The lowest BCUT2D eigenvalue weighted by atomic mass is 9.96. The highest BCUT2D eigenvalue weighted by Gasteiger charge is 2.27. The number of aryl methyl sites for hydroxylation is 1.